The molecule has 0 radical (unpaired) electrons. The van der Waals surface area contributed by atoms with Crippen LogP contribution in [0.4, 0.5) is 0 Å². The first-order chi connectivity index (χ1) is 18.3. The molecule has 3 aromatic rings. The van der Waals surface area contributed by atoms with Crippen LogP contribution in [-0.4, -0.2) is 34.9 Å². The smallest absolute Gasteiger partial charge is 0.337 e. The minimum atomic E-state index is -0.804. The lowest BCUT2D eigenvalue weighted by atomic mass is 9.79. The molecule has 0 spiro atoms. The van der Waals surface area contributed by atoms with Gasteiger partial charge in [0.25, 0.3) is 0 Å². The summed E-state index contributed by atoms with van der Waals surface area (Å²) in [7, 11) is 0. The predicted molar refractivity (Wildman–Crippen MR) is 150 cm³/mol. The third-order valence-corrected chi connectivity index (χ3v) is 6.59. The zero-order chi connectivity index (χ0) is 27.2. The molecule has 0 saturated carbocycles. The first-order valence-electron chi connectivity index (χ1n) is 12.0. The highest BCUT2D eigenvalue weighted by Gasteiger charge is 2.40. The van der Waals surface area contributed by atoms with Crippen molar-refractivity contribution in [2.45, 2.75) is 19.8 Å². The Morgan fingerprint density at radius 1 is 0.947 bits per heavy atom. The number of dihydropyridines is 1. The molecular formula is C30H28BrN3O4. The van der Waals surface area contributed by atoms with Crippen molar-refractivity contribution in [2.24, 2.45) is 0 Å². The van der Waals surface area contributed by atoms with Gasteiger partial charge in [0.15, 0.2) is 0 Å². The number of nitrogens with one attached hydrogen (secondary N) is 1. The molecule has 4 rings (SSSR count). The molecule has 1 aliphatic rings. The highest BCUT2D eigenvalue weighted by molar-refractivity contribution is 9.10. The summed E-state index contributed by atoms with van der Waals surface area (Å²) in [5, 5.41) is 8.09. The fourth-order valence-electron chi connectivity index (χ4n) is 4.41. The maximum atomic E-state index is 13.4. The number of nitrogens with zero attached hydrogens (tertiary/aromatic N) is 2. The average molecular weight is 574 g/mol. The van der Waals surface area contributed by atoms with E-state index in [4.69, 9.17) is 14.6 Å². The molecule has 0 saturated heterocycles. The number of esters is 2. The first kappa shape index (κ1) is 26.9. The van der Waals surface area contributed by atoms with Gasteiger partial charge in [-0.2, -0.15) is 5.10 Å². The summed E-state index contributed by atoms with van der Waals surface area (Å²) in [6.07, 6.45) is 4.85. The van der Waals surface area contributed by atoms with Crippen molar-refractivity contribution in [1.82, 2.24) is 15.1 Å². The Hall–Kier alpha value is -4.17. The number of hydrogen-bond acceptors (Lipinski definition) is 6. The van der Waals surface area contributed by atoms with Gasteiger partial charge in [0, 0.05) is 33.2 Å². The van der Waals surface area contributed by atoms with Crippen molar-refractivity contribution in [3.63, 3.8) is 0 Å². The largest absolute Gasteiger partial charge is 0.458 e. The van der Waals surface area contributed by atoms with Crippen LogP contribution in [0.15, 0.2) is 113 Å². The third-order valence-electron chi connectivity index (χ3n) is 6.06. The highest BCUT2D eigenvalue weighted by Crippen LogP contribution is 2.43. The van der Waals surface area contributed by atoms with Gasteiger partial charge >= 0.3 is 11.9 Å². The molecule has 8 heteroatoms. The van der Waals surface area contributed by atoms with Gasteiger partial charge in [0.05, 0.1) is 28.4 Å². The summed E-state index contributed by atoms with van der Waals surface area (Å²) >= 11 is 3.49. The number of para-hydroxylation sites is 1. The van der Waals surface area contributed by atoms with Crippen LogP contribution >= 0.6 is 15.9 Å². The van der Waals surface area contributed by atoms with Crippen LogP contribution in [0, 0.1) is 0 Å². The summed E-state index contributed by atoms with van der Waals surface area (Å²) in [5.74, 6) is -1.92. The maximum absolute atomic E-state index is 13.4. The van der Waals surface area contributed by atoms with Crippen molar-refractivity contribution < 1.29 is 19.1 Å². The molecule has 0 unspecified atom stereocenters. The van der Waals surface area contributed by atoms with Crippen LogP contribution < -0.4 is 5.32 Å². The lowest BCUT2D eigenvalue weighted by Crippen LogP contribution is -2.32. The Morgan fingerprint density at radius 3 is 2.03 bits per heavy atom. The van der Waals surface area contributed by atoms with Crippen molar-refractivity contribution in [3.8, 4) is 16.9 Å². The number of rotatable bonds is 9. The van der Waals surface area contributed by atoms with E-state index in [2.05, 4.69) is 34.4 Å². The minimum absolute atomic E-state index is 0.0319. The summed E-state index contributed by atoms with van der Waals surface area (Å²) < 4.78 is 13.6. The van der Waals surface area contributed by atoms with Crippen molar-refractivity contribution in [2.75, 3.05) is 13.2 Å². The molecule has 0 aliphatic carbocycles. The number of allylic oxidation sites excluding steroid dienone is 2. The average Bonchev–Trinajstić information content (AvgIpc) is 3.36. The summed E-state index contributed by atoms with van der Waals surface area (Å²) in [6, 6.07) is 17.4. The molecule has 0 amide bonds. The zero-order valence-corrected chi connectivity index (χ0v) is 22.8. The number of hydrogen-bond donors (Lipinski definition) is 1. The van der Waals surface area contributed by atoms with Crippen LogP contribution in [0.5, 0.6) is 0 Å². The molecule has 1 aromatic heterocycles. The van der Waals surface area contributed by atoms with E-state index in [0.717, 1.165) is 15.7 Å². The van der Waals surface area contributed by atoms with Crippen molar-refractivity contribution in [3.05, 3.63) is 119 Å². The second-order valence-electron chi connectivity index (χ2n) is 8.63. The molecule has 2 heterocycles. The van der Waals surface area contributed by atoms with E-state index in [9.17, 15) is 9.59 Å². The Labute approximate surface area is 230 Å². The topological polar surface area (TPSA) is 82.5 Å². The summed E-state index contributed by atoms with van der Waals surface area (Å²) in [4.78, 5) is 26.8. The van der Waals surface area contributed by atoms with E-state index in [1.54, 1.807) is 18.5 Å². The van der Waals surface area contributed by atoms with E-state index in [1.165, 1.54) is 12.2 Å². The monoisotopic (exact) mass is 573 g/mol. The molecule has 0 atom stereocenters. The number of benzene rings is 2. The summed E-state index contributed by atoms with van der Waals surface area (Å²) in [5.41, 5.74) is 4.70. The van der Waals surface area contributed by atoms with Gasteiger partial charge in [0.1, 0.15) is 13.2 Å². The van der Waals surface area contributed by atoms with Gasteiger partial charge in [-0.15, -0.1) is 0 Å². The molecule has 1 N–H and O–H groups in total. The predicted octanol–water partition coefficient (Wildman–Crippen LogP) is 6.00. The molecule has 0 fully saturated rings. The van der Waals surface area contributed by atoms with E-state index in [1.807, 2.05) is 60.8 Å². The Morgan fingerprint density at radius 2 is 1.50 bits per heavy atom. The van der Waals surface area contributed by atoms with Crippen LogP contribution in [-0.2, 0) is 19.1 Å². The van der Waals surface area contributed by atoms with Gasteiger partial charge in [-0.05, 0) is 38.1 Å². The lowest BCUT2D eigenvalue weighted by Gasteiger charge is -2.30. The van der Waals surface area contributed by atoms with Crippen LogP contribution in [0.3, 0.4) is 0 Å². The lowest BCUT2D eigenvalue weighted by molar-refractivity contribution is -0.138. The number of carbonyl (C=O) groups excluding carboxylic acids is 2. The minimum Gasteiger partial charge on any atom is -0.458 e. The Bertz CT molecular complexity index is 1390. The normalized spacial score (nSPS) is 13.7. The standard InChI is InChI=1S/C30H28BrN3O4/c1-5-16-37-29(35)25-19(3)32-20(4)26(30(36)38-17-6-2)27(25)24-18-34(23-10-8-7-9-11-23)33-28(24)21-12-14-22(31)15-13-21/h5-15,18,27,32H,1-2,16-17H2,3-4H3. The zero-order valence-electron chi connectivity index (χ0n) is 21.2. The van der Waals surface area contributed by atoms with Gasteiger partial charge in [-0.3, -0.25) is 0 Å². The molecule has 38 heavy (non-hydrogen) atoms. The van der Waals surface area contributed by atoms with Crippen LogP contribution in [0.2, 0.25) is 0 Å². The second kappa shape index (κ2) is 11.9. The van der Waals surface area contributed by atoms with Gasteiger partial charge in [-0.1, -0.05) is 71.6 Å². The maximum Gasteiger partial charge on any atom is 0.337 e. The molecule has 2 aromatic carbocycles. The van der Waals surface area contributed by atoms with Crippen LogP contribution in [0.25, 0.3) is 16.9 Å². The second-order valence-corrected chi connectivity index (χ2v) is 9.55. The molecular weight excluding hydrogens is 546 g/mol. The number of aromatic nitrogens is 2. The first-order valence-corrected chi connectivity index (χ1v) is 12.8. The van der Waals surface area contributed by atoms with Gasteiger partial charge in [0.2, 0.25) is 0 Å². The number of ether oxygens (including phenoxy) is 2. The fraction of sp³-hybridized carbons (Fsp3) is 0.167. The van der Waals surface area contributed by atoms with E-state index < -0.39 is 17.9 Å². The Balaban J connectivity index is 1.98. The van der Waals surface area contributed by atoms with E-state index >= 15 is 0 Å². The van der Waals surface area contributed by atoms with E-state index in [-0.39, 0.29) is 13.2 Å². The fourth-order valence-corrected chi connectivity index (χ4v) is 4.68. The summed E-state index contributed by atoms with van der Waals surface area (Å²) in [6.45, 7) is 10.9. The van der Waals surface area contributed by atoms with Gasteiger partial charge < -0.3 is 14.8 Å². The molecule has 0 bridgehead atoms. The molecule has 194 valence electrons. The van der Waals surface area contributed by atoms with E-state index in [0.29, 0.717) is 33.8 Å². The third kappa shape index (κ3) is 5.55. The van der Waals surface area contributed by atoms with Crippen molar-refractivity contribution in [1.29, 1.82) is 0 Å². The highest BCUT2D eigenvalue weighted by atomic mass is 79.9. The van der Waals surface area contributed by atoms with Crippen LogP contribution in [0.1, 0.15) is 25.3 Å². The molecule has 1 aliphatic heterocycles. The van der Waals surface area contributed by atoms with Crippen molar-refractivity contribution >= 4 is 27.9 Å². The van der Waals surface area contributed by atoms with Gasteiger partial charge in [-0.25, -0.2) is 14.3 Å². The number of carbonyl (C=O) groups is 2. The SMILES string of the molecule is C=CCOC(=O)C1=C(C)NC(C)=C(C(=O)OCC=C)C1c1cn(-c2ccccc2)nc1-c1ccc(Br)cc1. The Kier molecular flexibility index (Phi) is 8.43. The number of halogens is 1. The molecule has 7 nitrogen and oxygen atoms in total. The quantitative estimate of drug-likeness (QED) is 0.250.